The molecular weight excluding hydrogens is 377 g/mol. The summed E-state index contributed by atoms with van der Waals surface area (Å²) in [7, 11) is 2.17. The maximum Gasteiger partial charge on any atom is 0.220 e. The standard InChI is InChI=1S/C25H30FN3O/c1-29-16-13-18(14-17-29)12-15-27-24(30)11-10-22-21-4-2-3-5-23(21)28-25(22)19-6-8-20(26)9-7-19/h2-9,18,28H,10-17H2,1H3,(H,27,30). The second-order valence-corrected chi connectivity index (χ2v) is 8.42. The number of aryl methyl sites for hydroxylation is 1. The van der Waals surface area contributed by atoms with Gasteiger partial charge in [0.1, 0.15) is 5.82 Å². The van der Waals surface area contributed by atoms with Crippen LogP contribution >= 0.6 is 0 Å². The highest BCUT2D eigenvalue weighted by Gasteiger charge is 2.17. The minimum Gasteiger partial charge on any atom is -0.356 e. The van der Waals surface area contributed by atoms with Gasteiger partial charge in [-0.15, -0.1) is 0 Å². The van der Waals surface area contributed by atoms with Crippen LogP contribution in [0.2, 0.25) is 0 Å². The first kappa shape index (κ1) is 20.6. The predicted molar refractivity (Wildman–Crippen MR) is 120 cm³/mol. The van der Waals surface area contributed by atoms with E-state index in [-0.39, 0.29) is 11.7 Å². The topological polar surface area (TPSA) is 48.1 Å². The van der Waals surface area contributed by atoms with Crippen molar-refractivity contribution in [2.24, 2.45) is 5.92 Å². The highest BCUT2D eigenvalue weighted by Crippen LogP contribution is 2.31. The van der Waals surface area contributed by atoms with Gasteiger partial charge in [-0.2, -0.15) is 0 Å². The molecule has 0 spiro atoms. The molecule has 2 N–H and O–H groups in total. The maximum atomic E-state index is 13.4. The van der Waals surface area contributed by atoms with Crippen molar-refractivity contribution in [1.29, 1.82) is 0 Å². The molecule has 1 aliphatic heterocycles. The number of H-pyrrole nitrogens is 1. The lowest BCUT2D eigenvalue weighted by Gasteiger charge is -2.28. The van der Waals surface area contributed by atoms with Crippen LogP contribution in [-0.4, -0.2) is 42.5 Å². The largest absolute Gasteiger partial charge is 0.356 e. The van der Waals surface area contributed by atoms with Crippen LogP contribution in [0.4, 0.5) is 4.39 Å². The zero-order valence-corrected chi connectivity index (χ0v) is 17.6. The van der Waals surface area contributed by atoms with Gasteiger partial charge in [0.2, 0.25) is 5.91 Å². The number of piperidine rings is 1. The molecule has 1 aromatic heterocycles. The number of hydrogen-bond acceptors (Lipinski definition) is 2. The number of hydrogen-bond donors (Lipinski definition) is 2. The van der Waals surface area contributed by atoms with Gasteiger partial charge in [-0.3, -0.25) is 4.79 Å². The molecule has 0 unspecified atom stereocenters. The third kappa shape index (κ3) is 4.90. The van der Waals surface area contributed by atoms with E-state index in [0.717, 1.165) is 59.7 Å². The number of amides is 1. The van der Waals surface area contributed by atoms with E-state index in [1.165, 1.54) is 25.0 Å². The van der Waals surface area contributed by atoms with E-state index in [0.29, 0.717) is 12.8 Å². The van der Waals surface area contributed by atoms with E-state index in [1.807, 2.05) is 18.2 Å². The minimum absolute atomic E-state index is 0.0956. The molecule has 2 aromatic carbocycles. The molecule has 0 bridgehead atoms. The van der Waals surface area contributed by atoms with Crippen molar-refractivity contribution < 1.29 is 9.18 Å². The third-order valence-corrected chi connectivity index (χ3v) is 6.26. The fourth-order valence-corrected chi connectivity index (χ4v) is 4.42. The highest BCUT2D eigenvalue weighted by atomic mass is 19.1. The number of likely N-dealkylation sites (tertiary alicyclic amines) is 1. The zero-order valence-electron chi connectivity index (χ0n) is 17.6. The van der Waals surface area contributed by atoms with Crippen LogP contribution in [0.1, 0.15) is 31.2 Å². The molecule has 5 heteroatoms. The van der Waals surface area contributed by atoms with Crippen LogP contribution in [0.15, 0.2) is 48.5 Å². The number of fused-ring (bicyclic) bond motifs is 1. The fraction of sp³-hybridized carbons (Fsp3) is 0.400. The normalized spacial score (nSPS) is 15.5. The molecule has 0 radical (unpaired) electrons. The smallest absolute Gasteiger partial charge is 0.220 e. The van der Waals surface area contributed by atoms with Crippen molar-refractivity contribution in [3.8, 4) is 11.3 Å². The van der Waals surface area contributed by atoms with Crippen molar-refractivity contribution in [1.82, 2.24) is 15.2 Å². The Morgan fingerprint density at radius 1 is 1.13 bits per heavy atom. The summed E-state index contributed by atoms with van der Waals surface area (Å²) >= 11 is 0. The number of carbonyl (C=O) groups excluding carboxylic acids is 1. The lowest BCUT2D eigenvalue weighted by atomic mass is 9.94. The highest BCUT2D eigenvalue weighted by molar-refractivity contribution is 5.91. The van der Waals surface area contributed by atoms with Crippen LogP contribution in [0.5, 0.6) is 0 Å². The van der Waals surface area contributed by atoms with Crippen molar-refractivity contribution in [2.75, 3.05) is 26.7 Å². The van der Waals surface area contributed by atoms with Crippen LogP contribution in [0.3, 0.4) is 0 Å². The summed E-state index contributed by atoms with van der Waals surface area (Å²) in [6.07, 6.45) is 4.61. The van der Waals surface area contributed by atoms with E-state index >= 15 is 0 Å². The molecular formula is C25H30FN3O. The number of halogens is 1. The van der Waals surface area contributed by atoms with Crippen molar-refractivity contribution in [3.05, 3.63) is 59.9 Å². The SMILES string of the molecule is CN1CCC(CCNC(=O)CCc2c(-c3ccc(F)cc3)[nH]c3ccccc23)CC1. The van der Waals surface area contributed by atoms with Gasteiger partial charge in [0.05, 0.1) is 0 Å². The Morgan fingerprint density at radius 3 is 2.63 bits per heavy atom. The lowest BCUT2D eigenvalue weighted by Crippen LogP contribution is -2.32. The van der Waals surface area contributed by atoms with E-state index in [2.05, 4.69) is 28.3 Å². The van der Waals surface area contributed by atoms with E-state index in [1.54, 1.807) is 12.1 Å². The van der Waals surface area contributed by atoms with Crippen LogP contribution < -0.4 is 5.32 Å². The quantitative estimate of drug-likeness (QED) is 0.594. The summed E-state index contributed by atoms with van der Waals surface area (Å²) in [6, 6.07) is 14.6. The Labute approximate surface area is 177 Å². The zero-order chi connectivity index (χ0) is 20.9. The summed E-state index contributed by atoms with van der Waals surface area (Å²) in [5.74, 6) is 0.568. The van der Waals surface area contributed by atoms with Crippen molar-refractivity contribution in [3.63, 3.8) is 0 Å². The number of aromatic nitrogens is 1. The van der Waals surface area contributed by atoms with Gasteiger partial charge >= 0.3 is 0 Å². The van der Waals surface area contributed by atoms with Gasteiger partial charge in [0.25, 0.3) is 0 Å². The summed E-state index contributed by atoms with van der Waals surface area (Å²) in [5, 5.41) is 4.23. The summed E-state index contributed by atoms with van der Waals surface area (Å²) in [6.45, 7) is 3.07. The molecule has 4 nitrogen and oxygen atoms in total. The molecule has 1 amide bonds. The van der Waals surface area contributed by atoms with Gasteiger partial charge < -0.3 is 15.2 Å². The number of nitrogens with zero attached hydrogens (tertiary/aromatic N) is 1. The first-order valence-electron chi connectivity index (χ1n) is 10.9. The molecule has 158 valence electrons. The number of rotatable bonds is 7. The Bertz CT molecular complexity index is 987. The predicted octanol–water partition coefficient (Wildman–Crippen LogP) is 4.75. The molecule has 2 heterocycles. The fourth-order valence-electron chi connectivity index (χ4n) is 4.42. The molecule has 4 rings (SSSR count). The van der Waals surface area contributed by atoms with Crippen molar-refractivity contribution in [2.45, 2.75) is 32.1 Å². The molecule has 0 aliphatic carbocycles. The van der Waals surface area contributed by atoms with E-state index < -0.39 is 0 Å². The van der Waals surface area contributed by atoms with Crippen LogP contribution in [0, 0.1) is 11.7 Å². The first-order valence-corrected chi connectivity index (χ1v) is 10.9. The van der Waals surface area contributed by atoms with Gasteiger partial charge in [0, 0.05) is 29.6 Å². The second-order valence-electron chi connectivity index (χ2n) is 8.42. The molecule has 1 saturated heterocycles. The number of nitrogens with one attached hydrogen (secondary N) is 2. The van der Waals surface area contributed by atoms with Crippen LogP contribution in [-0.2, 0) is 11.2 Å². The Morgan fingerprint density at radius 2 is 1.87 bits per heavy atom. The molecule has 30 heavy (non-hydrogen) atoms. The molecule has 1 fully saturated rings. The second kappa shape index (κ2) is 9.43. The van der Waals surface area contributed by atoms with Gasteiger partial charge in [-0.25, -0.2) is 4.39 Å². The Kier molecular flexibility index (Phi) is 6.48. The summed E-state index contributed by atoms with van der Waals surface area (Å²) in [4.78, 5) is 18.3. The maximum absolute atomic E-state index is 13.4. The Hall–Kier alpha value is -2.66. The van der Waals surface area contributed by atoms with Gasteiger partial charge in [-0.05, 0) is 93.2 Å². The molecule has 1 aliphatic rings. The molecule has 0 saturated carbocycles. The third-order valence-electron chi connectivity index (χ3n) is 6.26. The van der Waals surface area contributed by atoms with E-state index in [9.17, 15) is 9.18 Å². The average molecular weight is 408 g/mol. The number of aromatic amines is 1. The number of para-hydroxylation sites is 1. The summed E-state index contributed by atoms with van der Waals surface area (Å²) < 4.78 is 13.4. The molecule has 3 aromatic rings. The monoisotopic (exact) mass is 407 g/mol. The van der Waals surface area contributed by atoms with Gasteiger partial charge in [0.15, 0.2) is 0 Å². The van der Waals surface area contributed by atoms with E-state index in [4.69, 9.17) is 0 Å². The number of benzene rings is 2. The van der Waals surface area contributed by atoms with Gasteiger partial charge in [-0.1, -0.05) is 18.2 Å². The average Bonchev–Trinajstić information content (AvgIpc) is 3.13. The van der Waals surface area contributed by atoms with Crippen LogP contribution in [0.25, 0.3) is 22.2 Å². The molecule has 0 atom stereocenters. The Balaban J connectivity index is 1.39. The minimum atomic E-state index is -0.250. The summed E-state index contributed by atoms with van der Waals surface area (Å²) in [5.41, 5.74) is 4.05. The van der Waals surface area contributed by atoms with Crippen molar-refractivity contribution >= 4 is 16.8 Å². The number of carbonyl (C=O) groups is 1. The lowest BCUT2D eigenvalue weighted by molar-refractivity contribution is -0.121. The first-order chi connectivity index (χ1) is 14.6.